The average molecular weight is 313 g/mol. The molecule has 1 fully saturated rings. The molecule has 0 amide bonds. The molecular formula is C18H27N5. The zero-order valence-electron chi connectivity index (χ0n) is 14.7. The van der Waals surface area contributed by atoms with Crippen LogP contribution in [0.3, 0.4) is 0 Å². The molecule has 0 radical (unpaired) electrons. The van der Waals surface area contributed by atoms with Crippen LogP contribution in [0.25, 0.3) is 11.4 Å². The lowest BCUT2D eigenvalue weighted by molar-refractivity contribution is 0.321. The van der Waals surface area contributed by atoms with E-state index in [9.17, 15) is 0 Å². The fourth-order valence-corrected chi connectivity index (χ4v) is 3.10. The van der Waals surface area contributed by atoms with Crippen LogP contribution >= 0.6 is 0 Å². The quantitative estimate of drug-likeness (QED) is 0.869. The number of hydrogen-bond donors (Lipinski definition) is 0. The smallest absolute Gasteiger partial charge is 0.224 e. The van der Waals surface area contributed by atoms with Crippen molar-refractivity contribution in [3.8, 4) is 11.4 Å². The van der Waals surface area contributed by atoms with Crippen LogP contribution in [-0.2, 0) is 7.05 Å². The third kappa shape index (κ3) is 3.39. The highest BCUT2D eigenvalue weighted by atomic mass is 15.4. The van der Waals surface area contributed by atoms with Gasteiger partial charge >= 0.3 is 0 Å². The van der Waals surface area contributed by atoms with Crippen molar-refractivity contribution < 1.29 is 0 Å². The van der Waals surface area contributed by atoms with Crippen LogP contribution in [0.5, 0.6) is 0 Å². The van der Waals surface area contributed by atoms with E-state index in [1.165, 1.54) is 24.8 Å². The number of rotatable bonds is 4. The minimum absolute atomic E-state index is 0.375. The van der Waals surface area contributed by atoms with E-state index in [4.69, 9.17) is 4.98 Å². The van der Waals surface area contributed by atoms with Gasteiger partial charge in [-0.2, -0.15) is 4.98 Å². The summed E-state index contributed by atoms with van der Waals surface area (Å²) in [6, 6.07) is 8.95. The average Bonchev–Trinajstić information content (AvgIpc) is 2.97. The molecule has 23 heavy (non-hydrogen) atoms. The van der Waals surface area contributed by atoms with E-state index in [1.54, 1.807) is 0 Å². The largest absolute Gasteiger partial charge is 0.341 e. The maximum absolute atomic E-state index is 4.81. The molecule has 2 aromatic rings. The van der Waals surface area contributed by atoms with Gasteiger partial charge in [0.15, 0.2) is 5.82 Å². The molecule has 0 N–H and O–H groups in total. The zero-order valence-corrected chi connectivity index (χ0v) is 14.7. The van der Waals surface area contributed by atoms with Crippen molar-refractivity contribution in [2.45, 2.75) is 32.2 Å². The number of hydrogen-bond acceptors (Lipinski definition) is 4. The molecule has 0 bridgehead atoms. The molecule has 1 aromatic carbocycles. The molecule has 1 aliphatic rings. The molecule has 0 saturated carbocycles. The lowest BCUT2D eigenvalue weighted by atomic mass is 10.0. The number of nitrogens with zero attached hydrogens (tertiary/aromatic N) is 5. The second-order valence-electron chi connectivity index (χ2n) is 6.67. The Bertz CT molecular complexity index is 655. The van der Waals surface area contributed by atoms with Gasteiger partial charge in [0, 0.05) is 31.7 Å². The van der Waals surface area contributed by atoms with Crippen LogP contribution in [0, 0.1) is 0 Å². The first-order valence-electron chi connectivity index (χ1n) is 8.49. The molecule has 2 heterocycles. The molecular weight excluding hydrogens is 286 g/mol. The molecule has 0 aliphatic carbocycles. The van der Waals surface area contributed by atoms with E-state index >= 15 is 0 Å². The second kappa shape index (κ2) is 6.71. The summed E-state index contributed by atoms with van der Waals surface area (Å²) in [6.07, 6.45) is 3.82. The molecule has 3 rings (SSSR count). The lowest BCUT2D eigenvalue weighted by Crippen LogP contribution is -2.31. The Kier molecular flexibility index (Phi) is 4.66. The summed E-state index contributed by atoms with van der Waals surface area (Å²) in [6.45, 7) is 4.39. The first-order chi connectivity index (χ1) is 11.1. The number of aryl methyl sites for hydroxylation is 1. The van der Waals surface area contributed by atoms with Gasteiger partial charge in [0.2, 0.25) is 5.95 Å². The number of anilines is 1. The topological polar surface area (TPSA) is 37.2 Å². The van der Waals surface area contributed by atoms with E-state index in [2.05, 4.69) is 60.2 Å². The summed E-state index contributed by atoms with van der Waals surface area (Å²) in [5.74, 6) is 1.81. The van der Waals surface area contributed by atoms with E-state index in [0.717, 1.165) is 30.4 Å². The summed E-state index contributed by atoms with van der Waals surface area (Å²) in [5, 5.41) is 4.65. The van der Waals surface area contributed by atoms with E-state index in [0.29, 0.717) is 6.04 Å². The van der Waals surface area contributed by atoms with E-state index in [-0.39, 0.29) is 0 Å². The fourth-order valence-electron chi connectivity index (χ4n) is 3.10. The van der Waals surface area contributed by atoms with Crippen molar-refractivity contribution in [3.05, 3.63) is 29.8 Å². The summed E-state index contributed by atoms with van der Waals surface area (Å²) in [5.41, 5.74) is 2.38. The van der Waals surface area contributed by atoms with Gasteiger partial charge in [-0.25, -0.2) is 4.68 Å². The summed E-state index contributed by atoms with van der Waals surface area (Å²) in [7, 11) is 6.20. The van der Waals surface area contributed by atoms with Gasteiger partial charge in [-0.3, -0.25) is 0 Å². The first-order valence-corrected chi connectivity index (χ1v) is 8.49. The Morgan fingerprint density at radius 1 is 1.13 bits per heavy atom. The van der Waals surface area contributed by atoms with Crippen molar-refractivity contribution in [1.82, 2.24) is 19.7 Å². The van der Waals surface area contributed by atoms with Gasteiger partial charge in [0.05, 0.1) is 0 Å². The third-order valence-electron chi connectivity index (χ3n) is 4.78. The van der Waals surface area contributed by atoms with Crippen LogP contribution in [0.15, 0.2) is 24.3 Å². The van der Waals surface area contributed by atoms with Crippen LogP contribution in [-0.4, -0.2) is 46.8 Å². The molecule has 0 unspecified atom stereocenters. The molecule has 124 valence electrons. The minimum Gasteiger partial charge on any atom is -0.341 e. The minimum atomic E-state index is 0.375. The molecule has 1 saturated heterocycles. The van der Waals surface area contributed by atoms with E-state index < -0.39 is 0 Å². The summed E-state index contributed by atoms with van der Waals surface area (Å²) < 4.78 is 1.92. The van der Waals surface area contributed by atoms with Crippen molar-refractivity contribution in [2.75, 3.05) is 32.1 Å². The van der Waals surface area contributed by atoms with Crippen LogP contribution in [0.2, 0.25) is 0 Å². The summed E-state index contributed by atoms with van der Waals surface area (Å²) in [4.78, 5) is 9.38. The fraction of sp³-hybridized carbons (Fsp3) is 0.556. The Morgan fingerprint density at radius 2 is 1.87 bits per heavy atom. The van der Waals surface area contributed by atoms with Crippen LogP contribution < -0.4 is 4.90 Å². The van der Waals surface area contributed by atoms with Crippen molar-refractivity contribution >= 4 is 5.95 Å². The molecule has 1 aliphatic heterocycles. The van der Waals surface area contributed by atoms with Crippen LogP contribution in [0.1, 0.15) is 37.8 Å². The lowest BCUT2D eigenvalue weighted by Gasteiger charge is -2.26. The van der Waals surface area contributed by atoms with Crippen LogP contribution in [0.4, 0.5) is 5.95 Å². The Hall–Kier alpha value is -1.88. The third-order valence-corrected chi connectivity index (χ3v) is 4.78. The molecule has 1 aromatic heterocycles. The van der Waals surface area contributed by atoms with Crippen molar-refractivity contribution in [1.29, 1.82) is 0 Å². The monoisotopic (exact) mass is 313 g/mol. The first kappa shape index (κ1) is 16.0. The molecule has 5 heteroatoms. The molecule has 1 atom stereocenters. The number of benzene rings is 1. The van der Waals surface area contributed by atoms with Gasteiger partial charge < -0.3 is 9.80 Å². The van der Waals surface area contributed by atoms with Gasteiger partial charge in [0.25, 0.3) is 0 Å². The summed E-state index contributed by atoms with van der Waals surface area (Å²) >= 11 is 0. The van der Waals surface area contributed by atoms with Gasteiger partial charge in [-0.15, -0.1) is 5.10 Å². The maximum atomic E-state index is 4.81. The van der Waals surface area contributed by atoms with Crippen molar-refractivity contribution in [2.24, 2.45) is 7.05 Å². The predicted molar refractivity (Wildman–Crippen MR) is 94.6 cm³/mol. The number of piperidine rings is 1. The Labute approximate surface area is 138 Å². The number of aromatic nitrogens is 3. The molecule has 0 spiro atoms. The Balaban J connectivity index is 1.89. The van der Waals surface area contributed by atoms with Gasteiger partial charge in [-0.1, -0.05) is 18.2 Å². The van der Waals surface area contributed by atoms with Gasteiger partial charge in [0.1, 0.15) is 0 Å². The predicted octanol–water partition coefficient (Wildman–Crippen LogP) is 3.10. The zero-order chi connectivity index (χ0) is 16.4. The maximum Gasteiger partial charge on any atom is 0.224 e. The second-order valence-corrected chi connectivity index (χ2v) is 6.67. The highest BCUT2D eigenvalue weighted by molar-refractivity contribution is 5.58. The normalized spacial score (nSPS) is 16.8. The highest BCUT2D eigenvalue weighted by Gasteiger charge is 2.18. The van der Waals surface area contributed by atoms with Gasteiger partial charge in [-0.05, 0) is 51.9 Å². The SMILES string of the molecule is C[C@@H](c1cccc(-c2nc(N3CCCCC3)n(C)n2)c1)N(C)C. The Morgan fingerprint density at radius 3 is 2.57 bits per heavy atom. The molecule has 5 nitrogen and oxygen atoms in total. The highest BCUT2D eigenvalue weighted by Crippen LogP contribution is 2.25. The standard InChI is InChI=1S/C18H27N5/c1-14(21(2)3)15-9-8-10-16(13-15)17-19-18(22(4)20-17)23-11-6-5-7-12-23/h8-10,13-14H,5-7,11-12H2,1-4H3/t14-/m0/s1. The van der Waals surface area contributed by atoms with E-state index in [1.807, 2.05) is 11.7 Å². The van der Waals surface area contributed by atoms with Crippen molar-refractivity contribution in [3.63, 3.8) is 0 Å².